The maximum Gasteiger partial charge on any atom is 0.337 e. The predicted octanol–water partition coefficient (Wildman–Crippen LogP) is 3.53. The Morgan fingerprint density at radius 1 is 1.13 bits per heavy atom. The lowest BCUT2D eigenvalue weighted by atomic mass is 10.2. The molecule has 0 aromatic heterocycles. The van der Waals surface area contributed by atoms with E-state index in [1.165, 1.54) is 13.2 Å². The third-order valence-corrected chi connectivity index (χ3v) is 3.26. The molecule has 23 heavy (non-hydrogen) atoms. The summed E-state index contributed by atoms with van der Waals surface area (Å²) in [5.41, 5.74) is 0.841. The van der Waals surface area contributed by atoms with Gasteiger partial charge in [0.1, 0.15) is 5.75 Å². The lowest BCUT2D eigenvalue weighted by molar-refractivity contribution is -0.122. The van der Waals surface area contributed by atoms with Crippen LogP contribution in [0.3, 0.4) is 0 Å². The summed E-state index contributed by atoms with van der Waals surface area (Å²) in [5.74, 6) is -0.306. The molecule has 0 saturated carbocycles. The number of amides is 1. The highest BCUT2D eigenvalue weighted by Gasteiger charge is 2.16. The molecule has 6 heteroatoms. The zero-order valence-electron chi connectivity index (χ0n) is 12.7. The minimum absolute atomic E-state index is 0.341. The normalized spacial score (nSPS) is 11.4. The van der Waals surface area contributed by atoms with Crippen molar-refractivity contribution in [3.63, 3.8) is 0 Å². The molecule has 1 amide bonds. The van der Waals surface area contributed by atoms with Gasteiger partial charge in [-0.05, 0) is 43.3 Å². The number of hydrogen-bond donors (Lipinski definition) is 1. The van der Waals surface area contributed by atoms with Crippen LogP contribution in [0.5, 0.6) is 5.75 Å². The van der Waals surface area contributed by atoms with Gasteiger partial charge in [-0.3, -0.25) is 4.79 Å². The molecule has 2 rings (SSSR count). The van der Waals surface area contributed by atoms with Crippen molar-refractivity contribution in [3.8, 4) is 5.75 Å². The summed E-state index contributed by atoms with van der Waals surface area (Å²) in [6.07, 6.45) is -0.727. The van der Waals surface area contributed by atoms with Crippen molar-refractivity contribution in [2.45, 2.75) is 13.0 Å². The first-order valence-corrected chi connectivity index (χ1v) is 7.29. The highest BCUT2D eigenvalue weighted by atomic mass is 35.5. The number of nitrogens with one attached hydrogen (secondary N) is 1. The monoisotopic (exact) mass is 333 g/mol. The fourth-order valence-corrected chi connectivity index (χ4v) is 2.06. The second-order valence-corrected chi connectivity index (χ2v) is 5.22. The number of halogens is 1. The SMILES string of the molecule is COC(=O)c1cccc(NC(=O)[C@H](C)Oc2cccc(Cl)c2)c1. The molecule has 1 atom stereocenters. The number of hydrogen-bond acceptors (Lipinski definition) is 4. The van der Waals surface area contributed by atoms with Crippen molar-refractivity contribution in [3.05, 3.63) is 59.1 Å². The fraction of sp³-hybridized carbons (Fsp3) is 0.176. The van der Waals surface area contributed by atoms with Crippen LogP contribution in [0.1, 0.15) is 17.3 Å². The summed E-state index contributed by atoms with van der Waals surface area (Å²) in [6.45, 7) is 1.63. The van der Waals surface area contributed by atoms with Gasteiger partial charge in [-0.15, -0.1) is 0 Å². The number of benzene rings is 2. The maximum absolute atomic E-state index is 12.2. The molecule has 0 heterocycles. The van der Waals surface area contributed by atoms with Crippen LogP contribution >= 0.6 is 11.6 Å². The van der Waals surface area contributed by atoms with Gasteiger partial charge in [0.25, 0.3) is 5.91 Å². The first-order valence-electron chi connectivity index (χ1n) is 6.91. The van der Waals surface area contributed by atoms with Gasteiger partial charge in [-0.25, -0.2) is 4.79 Å². The van der Waals surface area contributed by atoms with Crippen molar-refractivity contribution in [2.24, 2.45) is 0 Å². The first-order chi connectivity index (χ1) is 11.0. The Kier molecular flexibility index (Phi) is 5.60. The Labute approximate surface area is 139 Å². The lowest BCUT2D eigenvalue weighted by Gasteiger charge is -2.15. The summed E-state index contributed by atoms with van der Waals surface area (Å²) in [4.78, 5) is 23.7. The van der Waals surface area contributed by atoms with Crippen LogP contribution in [0.4, 0.5) is 5.69 Å². The van der Waals surface area contributed by atoms with E-state index in [4.69, 9.17) is 16.3 Å². The zero-order valence-corrected chi connectivity index (χ0v) is 13.5. The van der Waals surface area contributed by atoms with Gasteiger partial charge in [-0.2, -0.15) is 0 Å². The van der Waals surface area contributed by atoms with E-state index in [2.05, 4.69) is 10.1 Å². The van der Waals surface area contributed by atoms with Crippen molar-refractivity contribution < 1.29 is 19.1 Å². The number of esters is 1. The Bertz CT molecular complexity index is 717. The average Bonchev–Trinajstić information content (AvgIpc) is 2.54. The molecule has 0 radical (unpaired) electrons. The average molecular weight is 334 g/mol. The largest absolute Gasteiger partial charge is 0.481 e. The molecule has 0 fully saturated rings. The van der Waals surface area contributed by atoms with Crippen molar-refractivity contribution >= 4 is 29.2 Å². The van der Waals surface area contributed by atoms with Gasteiger partial charge < -0.3 is 14.8 Å². The molecule has 0 saturated heterocycles. The van der Waals surface area contributed by atoms with Gasteiger partial charge in [0.05, 0.1) is 12.7 Å². The second-order valence-electron chi connectivity index (χ2n) is 4.78. The van der Waals surface area contributed by atoms with Crippen LogP contribution in [-0.2, 0) is 9.53 Å². The highest BCUT2D eigenvalue weighted by molar-refractivity contribution is 6.30. The van der Waals surface area contributed by atoms with Crippen LogP contribution in [0.25, 0.3) is 0 Å². The number of rotatable bonds is 5. The third kappa shape index (κ3) is 4.72. The summed E-state index contributed by atoms with van der Waals surface area (Å²) in [5, 5.41) is 3.22. The van der Waals surface area contributed by atoms with Gasteiger partial charge in [0.2, 0.25) is 0 Å². The quantitative estimate of drug-likeness (QED) is 0.850. The summed E-state index contributed by atoms with van der Waals surface area (Å²) < 4.78 is 10.2. The molecule has 0 bridgehead atoms. The van der Waals surface area contributed by atoms with E-state index >= 15 is 0 Å². The lowest BCUT2D eigenvalue weighted by Crippen LogP contribution is -2.30. The smallest absolute Gasteiger partial charge is 0.337 e. The maximum atomic E-state index is 12.2. The zero-order chi connectivity index (χ0) is 16.8. The minimum Gasteiger partial charge on any atom is -0.481 e. The van der Waals surface area contributed by atoms with E-state index in [0.29, 0.717) is 22.0 Å². The van der Waals surface area contributed by atoms with Crippen LogP contribution in [0.15, 0.2) is 48.5 Å². The standard InChI is InChI=1S/C17H16ClNO4/c1-11(23-15-8-4-6-13(18)10-15)16(20)19-14-7-3-5-12(9-14)17(21)22-2/h3-11H,1-2H3,(H,19,20)/t11-/m0/s1. The van der Waals surface area contributed by atoms with E-state index in [0.717, 1.165) is 0 Å². The molecule has 5 nitrogen and oxygen atoms in total. The van der Waals surface area contributed by atoms with Crippen LogP contribution < -0.4 is 10.1 Å². The molecule has 120 valence electrons. The molecular formula is C17H16ClNO4. The minimum atomic E-state index is -0.727. The van der Waals surface area contributed by atoms with Gasteiger partial charge in [0.15, 0.2) is 6.10 Å². The molecule has 0 aliphatic rings. The topological polar surface area (TPSA) is 64.6 Å². The molecule has 1 N–H and O–H groups in total. The van der Waals surface area contributed by atoms with Crippen molar-refractivity contribution in [1.82, 2.24) is 0 Å². The third-order valence-electron chi connectivity index (χ3n) is 3.03. The second kappa shape index (κ2) is 7.65. The van der Waals surface area contributed by atoms with E-state index in [1.807, 2.05) is 0 Å². The molecule has 2 aromatic rings. The van der Waals surface area contributed by atoms with Crippen LogP contribution in [0.2, 0.25) is 5.02 Å². The first kappa shape index (κ1) is 16.8. The Morgan fingerprint density at radius 3 is 2.57 bits per heavy atom. The number of methoxy groups -OCH3 is 1. The van der Waals surface area contributed by atoms with E-state index in [-0.39, 0.29) is 5.91 Å². The summed E-state index contributed by atoms with van der Waals surface area (Å²) in [7, 11) is 1.30. The van der Waals surface area contributed by atoms with Gasteiger partial charge in [-0.1, -0.05) is 23.7 Å². The van der Waals surface area contributed by atoms with Gasteiger partial charge in [0, 0.05) is 10.7 Å². The Hall–Kier alpha value is -2.53. The highest BCUT2D eigenvalue weighted by Crippen LogP contribution is 2.19. The molecule has 0 unspecified atom stereocenters. The number of ether oxygens (including phenoxy) is 2. The van der Waals surface area contributed by atoms with E-state index in [1.54, 1.807) is 49.4 Å². The molecule has 0 aliphatic heterocycles. The van der Waals surface area contributed by atoms with Gasteiger partial charge >= 0.3 is 5.97 Å². The van der Waals surface area contributed by atoms with Crippen molar-refractivity contribution in [2.75, 3.05) is 12.4 Å². The molecular weight excluding hydrogens is 318 g/mol. The Morgan fingerprint density at radius 2 is 1.87 bits per heavy atom. The van der Waals surface area contributed by atoms with Crippen molar-refractivity contribution in [1.29, 1.82) is 0 Å². The predicted molar refractivity (Wildman–Crippen MR) is 88.0 cm³/mol. The van der Waals surface area contributed by atoms with E-state index in [9.17, 15) is 9.59 Å². The number of carbonyl (C=O) groups is 2. The van der Waals surface area contributed by atoms with Crippen LogP contribution in [0, 0.1) is 0 Å². The molecule has 2 aromatic carbocycles. The Balaban J connectivity index is 2.02. The summed E-state index contributed by atoms with van der Waals surface area (Å²) >= 11 is 5.87. The summed E-state index contributed by atoms with van der Waals surface area (Å²) in [6, 6.07) is 13.3. The molecule has 0 aliphatic carbocycles. The molecule has 0 spiro atoms. The number of anilines is 1. The fourth-order valence-electron chi connectivity index (χ4n) is 1.88. The van der Waals surface area contributed by atoms with Crippen LogP contribution in [-0.4, -0.2) is 25.1 Å². The van der Waals surface area contributed by atoms with E-state index < -0.39 is 12.1 Å². The number of carbonyl (C=O) groups excluding carboxylic acids is 2.